The Kier molecular flexibility index (Phi) is 14.6. The minimum Gasteiger partial charge on any atom is -0.462 e. The smallest absolute Gasteiger partial charge is 0.316 e. The van der Waals surface area contributed by atoms with Gasteiger partial charge in [0.2, 0.25) is 0 Å². The van der Waals surface area contributed by atoms with Crippen LogP contribution in [0.4, 0.5) is 0 Å². The summed E-state index contributed by atoms with van der Waals surface area (Å²) in [5, 5.41) is 34.2. The van der Waals surface area contributed by atoms with E-state index in [-0.39, 0.29) is 42.7 Å². The Morgan fingerprint density at radius 1 is 0.852 bits per heavy atom. The van der Waals surface area contributed by atoms with Gasteiger partial charge in [0.15, 0.2) is 18.4 Å². The molecule has 4 fully saturated rings. The average Bonchev–Trinajstić information content (AvgIpc) is 3.56. The minimum atomic E-state index is -1.83. The lowest BCUT2D eigenvalue weighted by Crippen LogP contribution is -2.58. The zero-order valence-corrected chi connectivity index (χ0v) is 37.5. The van der Waals surface area contributed by atoms with Gasteiger partial charge < -0.3 is 62.7 Å². The summed E-state index contributed by atoms with van der Waals surface area (Å²) in [5.74, 6) is -2.62. The molecule has 19 atom stereocenters. The van der Waals surface area contributed by atoms with Crippen molar-refractivity contribution in [1.29, 1.82) is 0 Å². The Labute approximate surface area is 361 Å². The lowest BCUT2D eigenvalue weighted by molar-refractivity contribution is -0.318. The third kappa shape index (κ3) is 9.58. The van der Waals surface area contributed by atoms with E-state index in [9.17, 15) is 20.1 Å². The monoisotopic (exact) mass is 858 g/mol. The second-order valence-corrected chi connectivity index (χ2v) is 18.8. The first-order chi connectivity index (χ1) is 29.0. The van der Waals surface area contributed by atoms with Crippen LogP contribution in [0, 0.1) is 23.7 Å². The quantitative estimate of drug-likeness (QED) is 0.231. The zero-order chi connectivity index (χ0) is 44.0. The molecule has 14 heteroatoms. The first kappa shape index (κ1) is 46.7. The summed E-state index contributed by atoms with van der Waals surface area (Å²) in [6.07, 6.45) is 7.54. The standard InChI is InChI=1S/C47H70O14/c1-24(2)41-27(5)16-17-46(61-41)22-33-19-32(60-46)15-14-26(4)42(25(3)12-11-13-31-23-54-44-39(48)28(6)18-34(45(50)57-33)47(31,44)51)58-38-21-36(53-10)43(30(8)56-38)59-37-20-35(52-9)40(49)29(7)55-37/h11-14,16-18,24-25,27,29-30,32-44,48-49,51H,15,19-23H2,1-10H3/b12-11+,26-14?,31-13+/t25-,27-,29-,30-,32+,33-,34-,35-,36-,37-,38-,39+,40-,41+,42-,43-,44+,46+,47+/m0/s1. The number of aliphatic hydroxyl groups excluding tert-OH is 2. The first-order valence-corrected chi connectivity index (χ1v) is 22.3. The third-order valence-electron chi connectivity index (χ3n) is 14.0. The maximum absolute atomic E-state index is 14.3. The predicted molar refractivity (Wildman–Crippen MR) is 223 cm³/mol. The van der Waals surface area contributed by atoms with Crippen LogP contribution in [-0.4, -0.2) is 139 Å². The number of carbonyl (C=O) groups excluding carboxylic acids is 1. The van der Waals surface area contributed by atoms with E-state index in [0.717, 1.165) is 5.57 Å². The number of carbonyl (C=O) groups is 1. The van der Waals surface area contributed by atoms with Gasteiger partial charge in [0, 0.05) is 51.7 Å². The lowest BCUT2D eigenvalue weighted by Gasteiger charge is -2.48. The van der Waals surface area contributed by atoms with Crippen molar-refractivity contribution in [1.82, 2.24) is 0 Å². The fourth-order valence-corrected chi connectivity index (χ4v) is 10.4. The summed E-state index contributed by atoms with van der Waals surface area (Å²) in [7, 11) is 3.22. The van der Waals surface area contributed by atoms with Gasteiger partial charge in [-0.25, -0.2) is 0 Å². The SMILES string of the molecule is CO[C@H]1C[C@H](O[C@H]2[C@H](C)O[C@@H](O[C@@H]3C(C)=CC[C@@H]4C[C@@H](C[C@]5(C=C[C@H](C)[C@@H](C(C)C)O5)O4)OC(=O)[C@@H]4C=C(C)[C@@H](O)[C@H]5OC/C(=C\C=C\[C@@H]3C)[C@]54O)C[C@@H]2OC)O[C@@H](C)[C@@H]1O. The molecule has 4 saturated heterocycles. The Balaban J connectivity index is 1.18. The second-order valence-electron chi connectivity index (χ2n) is 18.8. The molecular weight excluding hydrogens is 789 g/mol. The van der Waals surface area contributed by atoms with Crippen LogP contribution in [0.3, 0.4) is 0 Å². The molecule has 0 unspecified atom stereocenters. The summed E-state index contributed by atoms with van der Waals surface area (Å²) in [6.45, 7) is 16.0. The van der Waals surface area contributed by atoms with Crippen LogP contribution in [0.5, 0.6) is 0 Å². The fourth-order valence-electron chi connectivity index (χ4n) is 10.4. The number of esters is 1. The van der Waals surface area contributed by atoms with Gasteiger partial charge in [-0.1, -0.05) is 64.2 Å². The summed E-state index contributed by atoms with van der Waals surface area (Å²) in [4.78, 5) is 14.3. The highest BCUT2D eigenvalue weighted by Crippen LogP contribution is 2.47. The first-order valence-electron chi connectivity index (χ1n) is 22.3. The Bertz CT molecular complexity index is 1710. The molecule has 7 rings (SSSR count). The van der Waals surface area contributed by atoms with E-state index >= 15 is 0 Å². The second kappa shape index (κ2) is 19.0. The third-order valence-corrected chi connectivity index (χ3v) is 14.0. The number of hydrogen-bond donors (Lipinski definition) is 3. The molecule has 0 saturated carbocycles. The van der Waals surface area contributed by atoms with E-state index in [1.54, 1.807) is 40.2 Å². The van der Waals surface area contributed by atoms with E-state index < -0.39 is 90.8 Å². The van der Waals surface area contributed by atoms with Gasteiger partial charge in [0.05, 0.1) is 49.3 Å². The molecule has 0 aromatic carbocycles. The van der Waals surface area contributed by atoms with E-state index in [1.807, 2.05) is 32.1 Å². The largest absolute Gasteiger partial charge is 0.462 e. The number of hydrogen-bond acceptors (Lipinski definition) is 14. The van der Waals surface area contributed by atoms with Crippen molar-refractivity contribution in [2.24, 2.45) is 23.7 Å². The number of allylic oxidation sites excluding steroid dienone is 2. The highest BCUT2D eigenvalue weighted by atomic mass is 16.7. The summed E-state index contributed by atoms with van der Waals surface area (Å²) in [5.41, 5.74) is 0.129. The topological polar surface area (TPSA) is 170 Å². The van der Waals surface area contributed by atoms with Gasteiger partial charge in [0.25, 0.3) is 0 Å². The van der Waals surface area contributed by atoms with Crippen molar-refractivity contribution >= 4 is 5.97 Å². The van der Waals surface area contributed by atoms with E-state index in [1.165, 1.54) is 0 Å². The molecule has 0 radical (unpaired) electrons. The number of rotatable bonds is 7. The van der Waals surface area contributed by atoms with Gasteiger partial charge in [-0.2, -0.15) is 0 Å². The van der Waals surface area contributed by atoms with Gasteiger partial charge in [-0.3, -0.25) is 4.79 Å². The molecule has 7 aliphatic rings. The highest BCUT2D eigenvalue weighted by molar-refractivity contribution is 5.78. The highest BCUT2D eigenvalue weighted by Gasteiger charge is 2.60. The van der Waals surface area contributed by atoms with Crippen LogP contribution in [0.1, 0.15) is 87.5 Å². The lowest BCUT2D eigenvalue weighted by atomic mass is 9.71. The average molecular weight is 859 g/mol. The molecule has 2 bridgehead atoms. The van der Waals surface area contributed by atoms with Crippen molar-refractivity contribution in [2.75, 3.05) is 20.8 Å². The Morgan fingerprint density at radius 3 is 2.28 bits per heavy atom. The van der Waals surface area contributed by atoms with Crippen molar-refractivity contribution in [3.05, 3.63) is 59.3 Å². The van der Waals surface area contributed by atoms with Crippen molar-refractivity contribution in [2.45, 2.75) is 185 Å². The van der Waals surface area contributed by atoms with Crippen molar-refractivity contribution in [3.63, 3.8) is 0 Å². The van der Waals surface area contributed by atoms with E-state index in [0.29, 0.717) is 43.3 Å². The molecule has 6 aliphatic heterocycles. The van der Waals surface area contributed by atoms with E-state index in [4.69, 9.17) is 47.4 Å². The maximum Gasteiger partial charge on any atom is 0.316 e. The van der Waals surface area contributed by atoms with Crippen LogP contribution >= 0.6 is 0 Å². The van der Waals surface area contributed by atoms with Crippen LogP contribution in [-0.2, 0) is 52.2 Å². The molecule has 0 aromatic heterocycles. The Morgan fingerprint density at radius 2 is 1.56 bits per heavy atom. The molecule has 1 aliphatic carbocycles. The van der Waals surface area contributed by atoms with Crippen molar-refractivity contribution < 1.29 is 67.5 Å². The molecule has 0 amide bonds. The van der Waals surface area contributed by atoms with Crippen LogP contribution in [0.25, 0.3) is 0 Å². The number of ether oxygens (including phenoxy) is 10. The number of fused-ring (bicyclic) bond motifs is 2. The van der Waals surface area contributed by atoms with Crippen LogP contribution in [0.15, 0.2) is 59.3 Å². The molecule has 14 nitrogen and oxygen atoms in total. The number of methoxy groups -OCH3 is 2. The number of aliphatic hydroxyl groups is 3. The predicted octanol–water partition coefficient (Wildman–Crippen LogP) is 4.99. The molecule has 3 N–H and O–H groups in total. The van der Waals surface area contributed by atoms with Gasteiger partial charge in [0.1, 0.15) is 42.0 Å². The molecule has 6 heterocycles. The molecular formula is C47H70O14. The van der Waals surface area contributed by atoms with E-state index in [2.05, 4.69) is 39.8 Å². The Hall–Kier alpha value is -2.31. The summed E-state index contributed by atoms with van der Waals surface area (Å²) in [6, 6.07) is 0. The van der Waals surface area contributed by atoms with Gasteiger partial charge in [-0.15, -0.1) is 0 Å². The van der Waals surface area contributed by atoms with Crippen LogP contribution in [0.2, 0.25) is 0 Å². The molecule has 342 valence electrons. The maximum atomic E-state index is 14.3. The molecule has 61 heavy (non-hydrogen) atoms. The normalized spacial score (nSPS) is 48.5. The fraction of sp³-hybridized carbons (Fsp3) is 0.766. The van der Waals surface area contributed by atoms with Gasteiger partial charge in [-0.05, 0) is 62.8 Å². The summed E-state index contributed by atoms with van der Waals surface area (Å²) >= 11 is 0. The van der Waals surface area contributed by atoms with Gasteiger partial charge >= 0.3 is 5.97 Å². The molecule has 0 aromatic rings. The molecule has 1 spiro atoms. The minimum absolute atomic E-state index is 0.0313. The van der Waals surface area contributed by atoms with Crippen molar-refractivity contribution in [3.8, 4) is 0 Å². The van der Waals surface area contributed by atoms with Crippen LogP contribution < -0.4 is 0 Å². The summed E-state index contributed by atoms with van der Waals surface area (Å²) < 4.78 is 63.5. The zero-order valence-electron chi connectivity index (χ0n) is 37.5.